The first-order chi connectivity index (χ1) is 9.13. The second kappa shape index (κ2) is 5.34. The van der Waals surface area contributed by atoms with E-state index in [2.05, 4.69) is 23.6 Å². The topological polar surface area (TPSA) is 32.5 Å². The van der Waals surface area contributed by atoms with Crippen molar-refractivity contribution in [2.75, 3.05) is 32.7 Å². The summed E-state index contributed by atoms with van der Waals surface area (Å²) in [4.78, 5) is 5.49. The summed E-state index contributed by atoms with van der Waals surface area (Å²) in [5, 5.41) is 0. The Morgan fingerprint density at radius 2 is 1.89 bits per heavy atom. The maximum Gasteiger partial charge on any atom is 0.0358 e. The van der Waals surface area contributed by atoms with Crippen molar-refractivity contribution in [1.29, 1.82) is 0 Å². The van der Waals surface area contributed by atoms with Gasteiger partial charge in [0.1, 0.15) is 0 Å². The molecule has 19 heavy (non-hydrogen) atoms. The predicted molar refractivity (Wildman–Crippen MR) is 80.1 cm³/mol. The summed E-state index contributed by atoms with van der Waals surface area (Å²) >= 11 is 0. The molecular weight excluding hydrogens is 234 g/mol. The number of hydrogen-bond acceptors (Lipinski definition) is 3. The second-order valence-corrected chi connectivity index (χ2v) is 7.57. The monoisotopic (exact) mass is 265 g/mol. The van der Waals surface area contributed by atoms with Crippen LogP contribution in [-0.4, -0.2) is 54.1 Å². The fraction of sp³-hybridized carbons (Fsp3) is 1.00. The lowest BCUT2D eigenvalue weighted by molar-refractivity contribution is -0.0246. The predicted octanol–water partition coefficient (Wildman–Crippen LogP) is 1.92. The maximum absolute atomic E-state index is 6.28. The van der Waals surface area contributed by atoms with Gasteiger partial charge in [-0.2, -0.15) is 0 Å². The van der Waals surface area contributed by atoms with Gasteiger partial charge in [0.25, 0.3) is 0 Å². The van der Waals surface area contributed by atoms with Crippen LogP contribution in [0.25, 0.3) is 0 Å². The number of piperidine rings is 2. The number of hydrogen-bond donors (Lipinski definition) is 1. The van der Waals surface area contributed by atoms with E-state index >= 15 is 0 Å². The molecule has 0 radical (unpaired) electrons. The second-order valence-electron chi connectivity index (χ2n) is 7.57. The fourth-order valence-corrected chi connectivity index (χ4v) is 4.97. The molecule has 4 atom stereocenters. The molecule has 0 spiro atoms. The normalized spacial score (nSPS) is 45.3. The molecule has 0 bridgehead atoms. The average molecular weight is 265 g/mol. The molecule has 3 rings (SSSR count). The Hall–Kier alpha value is -0.120. The Morgan fingerprint density at radius 3 is 2.58 bits per heavy atom. The third kappa shape index (κ3) is 2.57. The highest BCUT2D eigenvalue weighted by Gasteiger charge is 2.45. The zero-order chi connectivity index (χ0) is 13.5. The van der Waals surface area contributed by atoms with E-state index in [1.807, 2.05) is 0 Å². The van der Waals surface area contributed by atoms with Crippen LogP contribution in [0.15, 0.2) is 0 Å². The van der Waals surface area contributed by atoms with Gasteiger partial charge < -0.3 is 10.6 Å². The lowest BCUT2D eigenvalue weighted by Crippen LogP contribution is -2.63. The highest BCUT2D eigenvalue weighted by molar-refractivity contribution is 5.03. The van der Waals surface area contributed by atoms with Gasteiger partial charge >= 0.3 is 0 Å². The van der Waals surface area contributed by atoms with Gasteiger partial charge in [-0.3, -0.25) is 4.90 Å². The molecule has 3 heterocycles. The summed E-state index contributed by atoms with van der Waals surface area (Å²) in [6.07, 6.45) is 6.81. The van der Waals surface area contributed by atoms with E-state index in [0.717, 1.165) is 24.4 Å². The van der Waals surface area contributed by atoms with Crippen LogP contribution in [0.5, 0.6) is 0 Å². The minimum atomic E-state index is 0.314. The average Bonchev–Trinajstić information content (AvgIpc) is 2.84. The van der Waals surface area contributed by atoms with Gasteiger partial charge in [0.15, 0.2) is 0 Å². The Morgan fingerprint density at radius 1 is 1.16 bits per heavy atom. The quantitative estimate of drug-likeness (QED) is 0.828. The highest BCUT2D eigenvalue weighted by Crippen LogP contribution is 2.39. The van der Waals surface area contributed by atoms with Crippen LogP contribution in [0, 0.1) is 11.8 Å². The third-order valence-corrected chi connectivity index (χ3v) is 5.90. The van der Waals surface area contributed by atoms with Crippen molar-refractivity contribution in [3.63, 3.8) is 0 Å². The van der Waals surface area contributed by atoms with E-state index in [-0.39, 0.29) is 0 Å². The summed E-state index contributed by atoms with van der Waals surface area (Å²) < 4.78 is 0. The Labute approximate surface area is 118 Å². The van der Waals surface area contributed by atoms with Crippen molar-refractivity contribution < 1.29 is 0 Å². The fourth-order valence-electron chi connectivity index (χ4n) is 4.97. The molecule has 2 N–H and O–H groups in total. The first-order valence-corrected chi connectivity index (χ1v) is 8.32. The lowest BCUT2D eigenvalue weighted by Gasteiger charge is -2.53. The minimum absolute atomic E-state index is 0.314. The van der Waals surface area contributed by atoms with Crippen molar-refractivity contribution in [1.82, 2.24) is 9.80 Å². The largest absolute Gasteiger partial charge is 0.329 e. The molecule has 110 valence electrons. The van der Waals surface area contributed by atoms with E-state index in [1.54, 1.807) is 0 Å². The van der Waals surface area contributed by atoms with Gasteiger partial charge in [-0.15, -0.1) is 0 Å². The summed E-state index contributed by atoms with van der Waals surface area (Å²) in [6.45, 7) is 10.8. The number of nitrogens with two attached hydrogens (primary N) is 1. The molecule has 0 saturated carbocycles. The van der Waals surface area contributed by atoms with Gasteiger partial charge in [-0.1, -0.05) is 13.8 Å². The number of fused-ring (bicyclic) bond motifs is 1. The number of nitrogens with zero attached hydrogens (tertiary/aromatic N) is 2. The molecule has 3 fully saturated rings. The van der Waals surface area contributed by atoms with E-state index in [0.29, 0.717) is 5.54 Å². The van der Waals surface area contributed by atoms with Gasteiger partial charge in [-0.25, -0.2) is 0 Å². The Kier molecular flexibility index (Phi) is 3.89. The lowest BCUT2D eigenvalue weighted by atomic mass is 9.78. The first kappa shape index (κ1) is 13.8. The standard InChI is InChI=1S/C16H31N3/c1-13-8-14(2)11-19(10-13)16(12-17)5-7-18-6-3-4-15(18)9-16/h13-15H,3-12,17H2,1-2H3. The number of likely N-dealkylation sites (tertiary alicyclic amines) is 1. The van der Waals surface area contributed by atoms with Crippen molar-refractivity contribution in [3.05, 3.63) is 0 Å². The Balaban J connectivity index is 1.75. The molecule has 3 heteroatoms. The van der Waals surface area contributed by atoms with Gasteiger partial charge in [0.05, 0.1) is 0 Å². The van der Waals surface area contributed by atoms with E-state index < -0.39 is 0 Å². The van der Waals surface area contributed by atoms with E-state index in [9.17, 15) is 0 Å². The maximum atomic E-state index is 6.28. The molecule has 3 aliphatic rings. The zero-order valence-corrected chi connectivity index (χ0v) is 12.8. The molecule has 3 aliphatic heterocycles. The molecule has 0 aromatic heterocycles. The first-order valence-electron chi connectivity index (χ1n) is 8.32. The van der Waals surface area contributed by atoms with Crippen molar-refractivity contribution in [3.8, 4) is 0 Å². The molecule has 3 saturated heterocycles. The van der Waals surface area contributed by atoms with Gasteiger partial charge in [-0.05, 0) is 50.5 Å². The van der Waals surface area contributed by atoms with Crippen LogP contribution in [0.1, 0.15) is 46.0 Å². The van der Waals surface area contributed by atoms with Crippen LogP contribution in [-0.2, 0) is 0 Å². The highest BCUT2D eigenvalue weighted by atomic mass is 15.3. The smallest absolute Gasteiger partial charge is 0.0358 e. The molecule has 3 nitrogen and oxygen atoms in total. The van der Waals surface area contributed by atoms with Crippen LogP contribution >= 0.6 is 0 Å². The third-order valence-electron chi connectivity index (χ3n) is 5.90. The van der Waals surface area contributed by atoms with Crippen molar-refractivity contribution in [2.45, 2.75) is 57.5 Å². The van der Waals surface area contributed by atoms with Crippen molar-refractivity contribution >= 4 is 0 Å². The molecule has 4 unspecified atom stereocenters. The van der Waals surface area contributed by atoms with Crippen LogP contribution in [0.3, 0.4) is 0 Å². The summed E-state index contributed by atoms with van der Waals surface area (Å²) in [5.41, 5.74) is 6.60. The van der Waals surface area contributed by atoms with Crippen molar-refractivity contribution in [2.24, 2.45) is 17.6 Å². The van der Waals surface area contributed by atoms with Gasteiger partial charge in [0, 0.05) is 37.8 Å². The molecule has 0 amide bonds. The number of rotatable bonds is 2. The van der Waals surface area contributed by atoms with Crippen LogP contribution in [0.2, 0.25) is 0 Å². The Bertz CT molecular complexity index is 309. The summed E-state index contributed by atoms with van der Waals surface area (Å²) in [6, 6.07) is 0.824. The summed E-state index contributed by atoms with van der Waals surface area (Å²) in [7, 11) is 0. The van der Waals surface area contributed by atoms with Crippen LogP contribution in [0.4, 0.5) is 0 Å². The molecular formula is C16H31N3. The zero-order valence-electron chi connectivity index (χ0n) is 12.8. The van der Waals surface area contributed by atoms with E-state index in [1.165, 1.54) is 58.3 Å². The molecule has 0 aromatic carbocycles. The van der Waals surface area contributed by atoms with Crippen LogP contribution < -0.4 is 5.73 Å². The van der Waals surface area contributed by atoms with E-state index in [4.69, 9.17) is 5.73 Å². The SMILES string of the molecule is CC1CC(C)CN(C2(CN)CCN3CCCC3C2)C1. The van der Waals surface area contributed by atoms with Gasteiger partial charge in [0.2, 0.25) is 0 Å². The summed E-state index contributed by atoms with van der Waals surface area (Å²) in [5.74, 6) is 1.68. The minimum Gasteiger partial charge on any atom is -0.329 e. The molecule has 0 aromatic rings. The molecule has 0 aliphatic carbocycles.